The van der Waals surface area contributed by atoms with Crippen LogP contribution >= 0.6 is 0 Å². The molecular formula is C14H19N5O. The lowest BCUT2D eigenvalue weighted by Crippen LogP contribution is -2.28. The molecule has 0 aliphatic carbocycles. The van der Waals surface area contributed by atoms with Gasteiger partial charge in [0.05, 0.1) is 5.69 Å². The first-order valence-electron chi connectivity index (χ1n) is 6.41. The summed E-state index contributed by atoms with van der Waals surface area (Å²) in [7, 11) is 1.86. The van der Waals surface area contributed by atoms with Crippen LogP contribution in [0.4, 0.5) is 10.5 Å². The summed E-state index contributed by atoms with van der Waals surface area (Å²) in [6.45, 7) is 2.81. The minimum atomic E-state index is -0.248. The zero-order valence-corrected chi connectivity index (χ0v) is 11.7. The molecule has 0 bridgehead atoms. The van der Waals surface area contributed by atoms with E-state index in [1.54, 1.807) is 4.68 Å². The van der Waals surface area contributed by atoms with E-state index in [0.29, 0.717) is 13.1 Å². The highest BCUT2D eigenvalue weighted by Crippen LogP contribution is 2.10. The number of nitrogens with zero attached hydrogens (tertiary/aromatic N) is 2. The fraction of sp³-hybridized carbons (Fsp3) is 0.286. The van der Waals surface area contributed by atoms with Crippen LogP contribution in [0.1, 0.15) is 16.8 Å². The molecule has 0 saturated carbocycles. The van der Waals surface area contributed by atoms with Gasteiger partial charge in [0, 0.05) is 37.6 Å². The molecule has 6 heteroatoms. The minimum Gasteiger partial charge on any atom is -0.334 e. The molecule has 20 heavy (non-hydrogen) atoms. The van der Waals surface area contributed by atoms with E-state index in [1.165, 1.54) is 0 Å². The Labute approximate surface area is 118 Å². The van der Waals surface area contributed by atoms with Gasteiger partial charge in [0.1, 0.15) is 0 Å². The predicted octanol–water partition coefficient (Wildman–Crippen LogP) is 1.51. The SMILES string of the molecule is Cc1nn(C)cc1CNC(=O)Nc1cccc(CN)c1. The fourth-order valence-electron chi connectivity index (χ4n) is 1.95. The van der Waals surface area contributed by atoms with Gasteiger partial charge in [0.15, 0.2) is 0 Å². The zero-order chi connectivity index (χ0) is 14.5. The second-order valence-electron chi connectivity index (χ2n) is 4.63. The van der Waals surface area contributed by atoms with Crippen molar-refractivity contribution in [1.29, 1.82) is 0 Å². The molecule has 0 spiro atoms. The molecule has 0 fully saturated rings. The van der Waals surface area contributed by atoms with E-state index < -0.39 is 0 Å². The van der Waals surface area contributed by atoms with E-state index in [9.17, 15) is 4.79 Å². The first kappa shape index (κ1) is 14.1. The van der Waals surface area contributed by atoms with Crippen LogP contribution < -0.4 is 16.4 Å². The zero-order valence-electron chi connectivity index (χ0n) is 11.7. The van der Waals surface area contributed by atoms with Crippen LogP contribution in [-0.4, -0.2) is 15.8 Å². The topological polar surface area (TPSA) is 85.0 Å². The predicted molar refractivity (Wildman–Crippen MR) is 78.1 cm³/mol. The number of carbonyl (C=O) groups excluding carboxylic acids is 1. The maximum absolute atomic E-state index is 11.8. The maximum atomic E-state index is 11.8. The number of amides is 2. The lowest BCUT2D eigenvalue weighted by atomic mass is 10.2. The number of hydrogen-bond acceptors (Lipinski definition) is 3. The highest BCUT2D eigenvalue weighted by atomic mass is 16.2. The van der Waals surface area contributed by atoms with Gasteiger partial charge in [-0.05, 0) is 24.6 Å². The van der Waals surface area contributed by atoms with Gasteiger partial charge in [0.25, 0.3) is 0 Å². The van der Waals surface area contributed by atoms with Crippen LogP contribution in [0.3, 0.4) is 0 Å². The third-order valence-corrected chi connectivity index (χ3v) is 2.98. The van der Waals surface area contributed by atoms with Crippen molar-refractivity contribution >= 4 is 11.7 Å². The molecule has 1 aromatic carbocycles. The van der Waals surface area contributed by atoms with Crippen LogP contribution in [0.15, 0.2) is 30.5 Å². The number of hydrogen-bond donors (Lipinski definition) is 3. The van der Waals surface area contributed by atoms with Gasteiger partial charge >= 0.3 is 6.03 Å². The second kappa shape index (κ2) is 6.21. The maximum Gasteiger partial charge on any atom is 0.319 e. The molecule has 0 aliphatic rings. The summed E-state index contributed by atoms with van der Waals surface area (Å²) in [6, 6.07) is 7.22. The number of urea groups is 1. The average Bonchev–Trinajstić information content (AvgIpc) is 2.75. The minimum absolute atomic E-state index is 0.248. The lowest BCUT2D eigenvalue weighted by molar-refractivity contribution is 0.251. The Morgan fingerprint density at radius 2 is 2.25 bits per heavy atom. The van der Waals surface area contributed by atoms with Gasteiger partial charge in [-0.25, -0.2) is 4.79 Å². The van der Waals surface area contributed by atoms with Crippen LogP contribution in [0.5, 0.6) is 0 Å². The van der Waals surface area contributed by atoms with Gasteiger partial charge < -0.3 is 16.4 Å². The first-order chi connectivity index (χ1) is 9.58. The number of aryl methyl sites for hydroxylation is 2. The molecule has 0 radical (unpaired) electrons. The Kier molecular flexibility index (Phi) is 4.37. The largest absolute Gasteiger partial charge is 0.334 e. The van der Waals surface area contributed by atoms with Gasteiger partial charge in [-0.15, -0.1) is 0 Å². The molecule has 4 N–H and O–H groups in total. The monoisotopic (exact) mass is 273 g/mol. The molecular weight excluding hydrogens is 254 g/mol. The normalized spacial score (nSPS) is 10.3. The number of aromatic nitrogens is 2. The van der Waals surface area contributed by atoms with Crippen molar-refractivity contribution in [2.75, 3.05) is 5.32 Å². The number of anilines is 1. The molecule has 0 saturated heterocycles. The molecule has 106 valence electrons. The summed E-state index contributed by atoms with van der Waals surface area (Å²) >= 11 is 0. The molecule has 2 aromatic rings. The van der Waals surface area contributed by atoms with Crippen molar-refractivity contribution in [2.45, 2.75) is 20.0 Å². The van der Waals surface area contributed by atoms with Gasteiger partial charge in [-0.1, -0.05) is 12.1 Å². The van der Waals surface area contributed by atoms with Crippen LogP contribution in [0.2, 0.25) is 0 Å². The Morgan fingerprint density at radius 3 is 2.90 bits per heavy atom. The van der Waals surface area contributed by atoms with Gasteiger partial charge in [0.2, 0.25) is 0 Å². The fourth-order valence-corrected chi connectivity index (χ4v) is 1.95. The molecule has 1 aromatic heterocycles. The van der Waals surface area contributed by atoms with Crippen molar-refractivity contribution in [2.24, 2.45) is 12.8 Å². The van der Waals surface area contributed by atoms with E-state index in [-0.39, 0.29) is 6.03 Å². The first-order valence-corrected chi connectivity index (χ1v) is 6.41. The van der Waals surface area contributed by atoms with E-state index in [1.807, 2.05) is 44.4 Å². The van der Waals surface area contributed by atoms with E-state index in [0.717, 1.165) is 22.5 Å². The molecule has 0 unspecified atom stereocenters. The number of carbonyl (C=O) groups is 1. The number of nitrogens with two attached hydrogens (primary N) is 1. The summed E-state index contributed by atoms with van der Waals surface area (Å²) in [4.78, 5) is 11.8. The highest BCUT2D eigenvalue weighted by molar-refractivity contribution is 5.89. The van der Waals surface area contributed by atoms with E-state index in [2.05, 4.69) is 15.7 Å². The Bertz CT molecular complexity index is 605. The number of nitrogens with one attached hydrogen (secondary N) is 2. The smallest absolute Gasteiger partial charge is 0.319 e. The van der Waals surface area contributed by atoms with E-state index in [4.69, 9.17) is 5.73 Å². The van der Waals surface area contributed by atoms with Crippen molar-refractivity contribution in [1.82, 2.24) is 15.1 Å². The van der Waals surface area contributed by atoms with Crippen LogP contribution in [0, 0.1) is 6.92 Å². The second-order valence-corrected chi connectivity index (χ2v) is 4.63. The molecule has 6 nitrogen and oxygen atoms in total. The molecule has 0 atom stereocenters. The Hall–Kier alpha value is -2.34. The van der Waals surface area contributed by atoms with Gasteiger partial charge in [-0.2, -0.15) is 5.10 Å². The summed E-state index contributed by atoms with van der Waals surface area (Å²) in [5.41, 5.74) is 9.19. The summed E-state index contributed by atoms with van der Waals surface area (Å²) in [6.07, 6.45) is 1.89. The lowest BCUT2D eigenvalue weighted by Gasteiger charge is -2.08. The number of rotatable bonds is 4. The van der Waals surface area contributed by atoms with Crippen LogP contribution in [-0.2, 0) is 20.1 Å². The summed E-state index contributed by atoms with van der Waals surface area (Å²) < 4.78 is 1.73. The third-order valence-electron chi connectivity index (χ3n) is 2.98. The van der Waals surface area contributed by atoms with E-state index >= 15 is 0 Å². The molecule has 0 aliphatic heterocycles. The van der Waals surface area contributed by atoms with Crippen molar-refractivity contribution in [3.05, 3.63) is 47.3 Å². The van der Waals surface area contributed by atoms with Gasteiger partial charge in [-0.3, -0.25) is 4.68 Å². The highest BCUT2D eigenvalue weighted by Gasteiger charge is 2.06. The summed E-state index contributed by atoms with van der Waals surface area (Å²) in [5.74, 6) is 0. The van der Waals surface area contributed by atoms with Crippen LogP contribution in [0.25, 0.3) is 0 Å². The molecule has 2 amide bonds. The average molecular weight is 273 g/mol. The molecule has 2 rings (SSSR count). The molecule has 1 heterocycles. The number of benzene rings is 1. The third kappa shape index (κ3) is 3.58. The van der Waals surface area contributed by atoms with Crippen molar-refractivity contribution in [3.8, 4) is 0 Å². The Morgan fingerprint density at radius 1 is 1.45 bits per heavy atom. The van der Waals surface area contributed by atoms with Crippen molar-refractivity contribution in [3.63, 3.8) is 0 Å². The summed E-state index contributed by atoms with van der Waals surface area (Å²) in [5, 5.41) is 9.81. The quantitative estimate of drug-likeness (QED) is 0.789. The standard InChI is InChI=1S/C14H19N5O/c1-10-12(9-19(2)18-10)8-16-14(20)17-13-5-3-4-11(6-13)7-15/h3-6,9H,7-8,15H2,1-2H3,(H2,16,17,20). The Balaban J connectivity index is 1.90. The van der Waals surface area contributed by atoms with Crippen molar-refractivity contribution < 1.29 is 4.79 Å².